The van der Waals surface area contributed by atoms with Crippen molar-refractivity contribution in [1.82, 2.24) is 9.80 Å². The second-order valence-corrected chi connectivity index (χ2v) is 6.51. The maximum absolute atomic E-state index is 12.3. The maximum atomic E-state index is 12.3. The molecule has 1 aliphatic heterocycles. The molecular formula is C18H27N3O3. The standard InChI is InChI=1S/C18H27N3O3/c1-13(2)18(23)21-9-7-20(8-10-21)12-17(22)19-15-11-14(3)5-6-16(15)24-4/h5-6,11,13H,7-10,12H2,1-4H3,(H,19,22). The molecule has 0 unspecified atom stereocenters. The van der Waals surface area contributed by atoms with Crippen molar-refractivity contribution >= 4 is 17.5 Å². The van der Waals surface area contributed by atoms with Crippen molar-refractivity contribution < 1.29 is 14.3 Å². The summed E-state index contributed by atoms with van der Waals surface area (Å²) < 4.78 is 5.28. The van der Waals surface area contributed by atoms with Crippen molar-refractivity contribution in [2.24, 2.45) is 5.92 Å². The molecule has 1 aromatic carbocycles. The predicted octanol–water partition coefficient (Wildman–Crippen LogP) is 1.74. The van der Waals surface area contributed by atoms with Gasteiger partial charge in [0.15, 0.2) is 0 Å². The van der Waals surface area contributed by atoms with Gasteiger partial charge in [-0.3, -0.25) is 14.5 Å². The van der Waals surface area contributed by atoms with Gasteiger partial charge in [0, 0.05) is 32.1 Å². The van der Waals surface area contributed by atoms with Gasteiger partial charge in [0.05, 0.1) is 19.3 Å². The number of ether oxygens (including phenoxy) is 1. The lowest BCUT2D eigenvalue weighted by atomic mass is 10.1. The molecule has 0 atom stereocenters. The minimum Gasteiger partial charge on any atom is -0.495 e. The summed E-state index contributed by atoms with van der Waals surface area (Å²) in [5, 5.41) is 2.92. The molecule has 1 heterocycles. The Kier molecular flexibility index (Phi) is 6.20. The van der Waals surface area contributed by atoms with Gasteiger partial charge in [-0.25, -0.2) is 0 Å². The number of aryl methyl sites for hydroxylation is 1. The summed E-state index contributed by atoms with van der Waals surface area (Å²) in [6.45, 7) is 8.92. The zero-order chi connectivity index (χ0) is 17.7. The number of amides is 2. The van der Waals surface area contributed by atoms with Crippen LogP contribution in [0.5, 0.6) is 5.75 Å². The van der Waals surface area contributed by atoms with Crippen molar-refractivity contribution in [3.05, 3.63) is 23.8 Å². The first-order chi connectivity index (χ1) is 11.4. The molecule has 2 amide bonds. The van der Waals surface area contributed by atoms with Gasteiger partial charge in [-0.1, -0.05) is 19.9 Å². The molecule has 0 saturated carbocycles. The van der Waals surface area contributed by atoms with Crippen molar-refractivity contribution in [2.45, 2.75) is 20.8 Å². The molecular weight excluding hydrogens is 306 g/mol. The first kappa shape index (κ1) is 18.3. The molecule has 1 aliphatic rings. The number of benzene rings is 1. The lowest BCUT2D eigenvalue weighted by molar-refractivity contribution is -0.136. The molecule has 2 rings (SSSR count). The van der Waals surface area contributed by atoms with Crippen LogP contribution in [0.15, 0.2) is 18.2 Å². The van der Waals surface area contributed by atoms with E-state index in [2.05, 4.69) is 10.2 Å². The lowest BCUT2D eigenvalue weighted by Crippen LogP contribution is -2.51. The number of carbonyl (C=O) groups is 2. The average molecular weight is 333 g/mol. The van der Waals surface area contributed by atoms with Crippen LogP contribution in [-0.2, 0) is 9.59 Å². The molecule has 24 heavy (non-hydrogen) atoms. The van der Waals surface area contributed by atoms with E-state index in [4.69, 9.17) is 4.74 Å². The van der Waals surface area contributed by atoms with E-state index >= 15 is 0 Å². The van der Waals surface area contributed by atoms with Crippen LogP contribution in [-0.4, -0.2) is 61.4 Å². The number of hydrogen-bond acceptors (Lipinski definition) is 4. The van der Waals surface area contributed by atoms with Crippen molar-refractivity contribution in [1.29, 1.82) is 0 Å². The van der Waals surface area contributed by atoms with Gasteiger partial charge in [-0.05, 0) is 24.6 Å². The lowest BCUT2D eigenvalue weighted by Gasteiger charge is -2.35. The van der Waals surface area contributed by atoms with E-state index in [-0.39, 0.29) is 17.7 Å². The number of carbonyl (C=O) groups excluding carboxylic acids is 2. The van der Waals surface area contributed by atoms with Crippen LogP contribution in [0, 0.1) is 12.8 Å². The van der Waals surface area contributed by atoms with Crippen LogP contribution >= 0.6 is 0 Å². The summed E-state index contributed by atoms with van der Waals surface area (Å²) in [5.41, 5.74) is 1.75. The topological polar surface area (TPSA) is 61.9 Å². The summed E-state index contributed by atoms with van der Waals surface area (Å²) in [4.78, 5) is 28.2. The monoisotopic (exact) mass is 333 g/mol. The summed E-state index contributed by atoms with van der Waals surface area (Å²) in [5.74, 6) is 0.793. The molecule has 0 radical (unpaired) electrons. The minimum atomic E-state index is -0.0671. The fraction of sp³-hybridized carbons (Fsp3) is 0.556. The van der Waals surface area contributed by atoms with Gasteiger partial charge in [0.25, 0.3) is 0 Å². The Hall–Kier alpha value is -2.08. The van der Waals surface area contributed by atoms with Crippen molar-refractivity contribution in [2.75, 3.05) is 45.2 Å². The molecule has 0 bridgehead atoms. The summed E-state index contributed by atoms with van der Waals surface area (Å²) >= 11 is 0. The fourth-order valence-corrected chi connectivity index (χ4v) is 2.80. The van der Waals surface area contributed by atoms with E-state index in [1.165, 1.54) is 0 Å². The van der Waals surface area contributed by atoms with Gasteiger partial charge in [-0.2, -0.15) is 0 Å². The van der Waals surface area contributed by atoms with Crippen molar-refractivity contribution in [3.63, 3.8) is 0 Å². The smallest absolute Gasteiger partial charge is 0.238 e. The average Bonchev–Trinajstić information content (AvgIpc) is 2.55. The van der Waals surface area contributed by atoms with Gasteiger partial charge in [-0.15, -0.1) is 0 Å². The molecule has 1 aromatic rings. The quantitative estimate of drug-likeness (QED) is 0.892. The van der Waals surface area contributed by atoms with Crippen LogP contribution in [0.25, 0.3) is 0 Å². The largest absolute Gasteiger partial charge is 0.495 e. The van der Waals surface area contributed by atoms with E-state index in [0.717, 1.165) is 18.7 Å². The van der Waals surface area contributed by atoms with Crippen LogP contribution < -0.4 is 10.1 Å². The number of hydrogen-bond donors (Lipinski definition) is 1. The third-order valence-corrected chi connectivity index (χ3v) is 4.17. The molecule has 1 saturated heterocycles. The number of methoxy groups -OCH3 is 1. The van der Waals surface area contributed by atoms with Gasteiger partial charge in [0.1, 0.15) is 5.75 Å². The second-order valence-electron chi connectivity index (χ2n) is 6.51. The SMILES string of the molecule is COc1ccc(C)cc1NC(=O)CN1CCN(C(=O)C(C)C)CC1. The highest BCUT2D eigenvalue weighted by atomic mass is 16.5. The Labute approximate surface area is 143 Å². The van der Waals surface area contributed by atoms with Crippen LogP contribution in [0.3, 0.4) is 0 Å². The highest BCUT2D eigenvalue weighted by Crippen LogP contribution is 2.25. The number of nitrogens with zero attached hydrogens (tertiary/aromatic N) is 2. The van der Waals surface area contributed by atoms with Crippen molar-refractivity contribution in [3.8, 4) is 5.75 Å². The molecule has 1 fully saturated rings. The first-order valence-corrected chi connectivity index (χ1v) is 8.36. The first-order valence-electron chi connectivity index (χ1n) is 8.36. The Morgan fingerprint density at radius 3 is 2.46 bits per heavy atom. The molecule has 0 aromatic heterocycles. The van der Waals surface area contributed by atoms with E-state index in [9.17, 15) is 9.59 Å². The van der Waals surface area contributed by atoms with Crippen LogP contribution in [0.1, 0.15) is 19.4 Å². The van der Waals surface area contributed by atoms with Gasteiger partial charge < -0.3 is 15.0 Å². The third kappa shape index (κ3) is 4.71. The zero-order valence-electron chi connectivity index (χ0n) is 15.0. The van der Waals surface area contributed by atoms with Crippen LogP contribution in [0.2, 0.25) is 0 Å². The fourth-order valence-electron chi connectivity index (χ4n) is 2.80. The highest BCUT2D eigenvalue weighted by molar-refractivity contribution is 5.93. The minimum absolute atomic E-state index is 0.0219. The Morgan fingerprint density at radius 1 is 1.21 bits per heavy atom. The van der Waals surface area contributed by atoms with Gasteiger partial charge >= 0.3 is 0 Å². The van der Waals surface area contributed by atoms with E-state index in [1.807, 2.05) is 43.9 Å². The number of piperazine rings is 1. The normalized spacial score (nSPS) is 15.5. The summed E-state index contributed by atoms with van der Waals surface area (Å²) in [6, 6.07) is 5.69. The summed E-state index contributed by atoms with van der Waals surface area (Å²) in [6.07, 6.45) is 0. The predicted molar refractivity (Wildman–Crippen MR) is 94.2 cm³/mol. The summed E-state index contributed by atoms with van der Waals surface area (Å²) in [7, 11) is 1.59. The highest BCUT2D eigenvalue weighted by Gasteiger charge is 2.24. The molecule has 1 N–H and O–H groups in total. The van der Waals surface area contributed by atoms with Gasteiger partial charge in [0.2, 0.25) is 11.8 Å². The molecule has 0 aliphatic carbocycles. The Balaban J connectivity index is 1.86. The molecule has 132 valence electrons. The molecule has 6 heteroatoms. The number of anilines is 1. The number of nitrogens with one attached hydrogen (secondary N) is 1. The number of rotatable bonds is 5. The van der Waals surface area contributed by atoms with Crippen LogP contribution in [0.4, 0.5) is 5.69 Å². The van der Waals surface area contributed by atoms with E-state index < -0.39 is 0 Å². The third-order valence-electron chi connectivity index (χ3n) is 4.17. The maximum Gasteiger partial charge on any atom is 0.238 e. The molecule has 6 nitrogen and oxygen atoms in total. The zero-order valence-corrected chi connectivity index (χ0v) is 15.0. The van der Waals surface area contributed by atoms with E-state index in [0.29, 0.717) is 31.1 Å². The second kappa shape index (κ2) is 8.15. The molecule has 0 spiro atoms. The Bertz CT molecular complexity index is 593. The van der Waals surface area contributed by atoms with E-state index in [1.54, 1.807) is 7.11 Å². The Morgan fingerprint density at radius 2 is 1.88 bits per heavy atom.